The Morgan fingerprint density at radius 3 is 2.71 bits per heavy atom. The van der Waals surface area contributed by atoms with Gasteiger partial charge in [0.05, 0.1) is 11.9 Å². The van der Waals surface area contributed by atoms with E-state index in [1.807, 2.05) is 13.8 Å². The SMILES string of the molecule is CCCNc1cnc(C(C)C)nc1C(=O)NC. The van der Waals surface area contributed by atoms with Gasteiger partial charge in [0.2, 0.25) is 0 Å². The van der Waals surface area contributed by atoms with Crippen molar-refractivity contribution in [3.05, 3.63) is 17.7 Å². The quantitative estimate of drug-likeness (QED) is 0.817. The van der Waals surface area contributed by atoms with Crippen LogP contribution in [0.2, 0.25) is 0 Å². The van der Waals surface area contributed by atoms with Crippen molar-refractivity contribution < 1.29 is 4.79 Å². The van der Waals surface area contributed by atoms with Gasteiger partial charge >= 0.3 is 0 Å². The average molecular weight is 236 g/mol. The molecule has 0 fully saturated rings. The molecular weight excluding hydrogens is 216 g/mol. The van der Waals surface area contributed by atoms with Crippen LogP contribution in [0.3, 0.4) is 0 Å². The van der Waals surface area contributed by atoms with Gasteiger partial charge in [-0.1, -0.05) is 20.8 Å². The lowest BCUT2D eigenvalue weighted by Gasteiger charge is -2.11. The molecule has 0 atom stereocenters. The summed E-state index contributed by atoms with van der Waals surface area (Å²) in [6, 6.07) is 0. The molecule has 1 amide bonds. The molecule has 0 aliphatic carbocycles. The fourth-order valence-electron chi connectivity index (χ4n) is 1.35. The van der Waals surface area contributed by atoms with Gasteiger partial charge in [0, 0.05) is 19.5 Å². The van der Waals surface area contributed by atoms with E-state index in [0.29, 0.717) is 17.2 Å². The monoisotopic (exact) mass is 236 g/mol. The van der Waals surface area contributed by atoms with Crippen LogP contribution in [0.25, 0.3) is 0 Å². The van der Waals surface area contributed by atoms with Crippen molar-refractivity contribution in [1.29, 1.82) is 0 Å². The average Bonchev–Trinajstić information content (AvgIpc) is 2.35. The Morgan fingerprint density at radius 1 is 1.47 bits per heavy atom. The van der Waals surface area contributed by atoms with E-state index in [9.17, 15) is 4.79 Å². The van der Waals surface area contributed by atoms with Crippen LogP contribution in [-0.2, 0) is 0 Å². The molecule has 0 radical (unpaired) electrons. The third-order valence-electron chi connectivity index (χ3n) is 2.33. The number of nitrogens with one attached hydrogen (secondary N) is 2. The van der Waals surface area contributed by atoms with E-state index in [1.54, 1.807) is 13.2 Å². The summed E-state index contributed by atoms with van der Waals surface area (Å²) >= 11 is 0. The number of carbonyl (C=O) groups is 1. The van der Waals surface area contributed by atoms with Crippen LogP contribution >= 0.6 is 0 Å². The maximum atomic E-state index is 11.7. The molecule has 2 N–H and O–H groups in total. The van der Waals surface area contributed by atoms with Crippen LogP contribution in [-0.4, -0.2) is 29.5 Å². The molecular formula is C12H20N4O. The fraction of sp³-hybridized carbons (Fsp3) is 0.583. The number of hydrogen-bond acceptors (Lipinski definition) is 4. The minimum Gasteiger partial charge on any atom is -0.382 e. The Morgan fingerprint density at radius 2 is 2.18 bits per heavy atom. The van der Waals surface area contributed by atoms with E-state index in [0.717, 1.165) is 13.0 Å². The van der Waals surface area contributed by atoms with Gasteiger partial charge in [0.15, 0.2) is 5.69 Å². The van der Waals surface area contributed by atoms with Crippen molar-refractivity contribution in [2.45, 2.75) is 33.1 Å². The zero-order chi connectivity index (χ0) is 12.8. The van der Waals surface area contributed by atoms with E-state index in [-0.39, 0.29) is 11.8 Å². The molecule has 1 rings (SSSR count). The van der Waals surface area contributed by atoms with Crippen molar-refractivity contribution in [3.8, 4) is 0 Å². The molecule has 0 spiro atoms. The molecule has 0 aliphatic rings. The van der Waals surface area contributed by atoms with Gasteiger partial charge in [0.1, 0.15) is 5.82 Å². The zero-order valence-electron chi connectivity index (χ0n) is 10.9. The van der Waals surface area contributed by atoms with Gasteiger partial charge < -0.3 is 10.6 Å². The van der Waals surface area contributed by atoms with Crippen molar-refractivity contribution in [2.24, 2.45) is 0 Å². The standard InChI is InChI=1S/C12H20N4O/c1-5-6-14-9-7-15-11(8(2)3)16-10(9)12(17)13-4/h7-8,14H,5-6H2,1-4H3,(H,13,17). The smallest absolute Gasteiger partial charge is 0.271 e. The molecule has 0 unspecified atom stereocenters. The Kier molecular flexibility index (Phi) is 4.87. The highest BCUT2D eigenvalue weighted by atomic mass is 16.1. The highest BCUT2D eigenvalue weighted by molar-refractivity contribution is 5.97. The molecule has 94 valence electrons. The molecule has 0 aromatic carbocycles. The highest BCUT2D eigenvalue weighted by Gasteiger charge is 2.14. The molecule has 5 nitrogen and oxygen atoms in total. The summed E-state index contributed by atoms with van der Waals surface area (Å²) in [5.74, 6) is 0.706. The molecule has 0 bridgehead atoms. The third kappa shape index (κ3) is 3.41. The highest BCUT2D eigenvalue weighted by Crippen LogP contribution is 2.16. The predicted octanol–water partition coefficient (Wildman–Crippen LogP) is 1.78. The first kappa shape index (κ1) is 13.4. The minimum atomic E-state index is -0.187. The van der Waals surface area contributed by atoms with Crippen LogP contribution in [0.5, 0.6) is 0 Å². The van der Waals surface area contributed by atoms with Crippen LogP contribution in [0.15, 0.2) is 6.20 Å². The summed E-state index contributed by atoms with van der Waals surface area (Å²) in [6.45, 7) is 6.87. The van der Waals surface area contributed by atoms with Gasteiger partial charge in [-0.05, 0) is 6.42 Å². The molecule has 0 aliphatic heterocycles. The molecule has 0 saturated carbocycles. The maximum Gasteiger partial charge on any atom is 0.271 e. The van der Waals surface area contributed by atoms with Crippen LogP contribution in [0.1, 0.15) is 49.4 Å². The summed E-state index contributed by atoms with van der Waals surface area (Å²) in [7, 11) is 1.60. The van der Waals surface area contributed by atoms with Gasteiger partial charge in [-0.2, -0.15) is 0 Å². The van der Waals surface area contributed by atoms with Crippen LogP contribution in [0.4, 0.5) is 5.69 Å². The number of hydrogen-bond donors (Lipinski definition) is 2. The molecule has 1 heterocycles. The van der Waals surface area contributed by atoms with Crippen molar-refractivity contribution in [1.82, 2.24) is 15.3 Å². The second-order valence-corrected chi connectivity index (χ2v) is 4.15. The Hall–Kier alpha value is -1.65. The molecule has 0 saturated heterocycles. The summed E-state index contributed by atoms with van der Waals surface area (Å²) < 4.78 is 0. The van der Waals surface area contributed by atoms with Gasteiger partial charge in [-0.3, -0.25) is 4.79 Å². The molecule has 5 heteroatoms. The van der Waals surface area contributed by atoms with E-state index in [2.05, 4.69) is 27.5 Å². The zero-order valence-corrected chi connectivity index (χ0v) is 10.9. The summed E-state index contributed by atoms with van der Waals surface area (Å²) in [5, 5.41) is 5.75. The number of rotatable bonds is 5. The lowest BCUT2D eigenvalue weighted by atomic mass is 10.2. The Labute approximate surface area is 102 Å². The summed E-state index contributed by atoms with van der Waals surface area (Å²) in [5.41, 5.74) is 1.11. The molecule has 1 aromatic rings. The number of nitrogens with zero attached hydrogens (tertiary/aromatic N) is 2. The summed E-state index contributed by atoms with van der Waals surface area (Å²) in [4.78, 5) is 20.3. The van der Waals surface area contributed by atoms with Crippen LogP contribution < -0.4 is 10.6 Å². The Balaban J connectivity index is 3.07. The lowest BCUT2D eigenvalue weighted by Crippen LogP contribution is -2.22. The molecule has 17 heavy (non-hydrogen) atoms. The maximum absolute atomic E-state index is 11.7. The summed E-state index contributed by atoms with van der Waals surface area (Å²) in [6.07, 6.45) is 2.67. The second kappa shape index (κ2) is 6.18. The van der Waals surface area contributed by atoms with E-state index in [1.165, 1.54) is 0 Å². The first-order chi connectivity index (χ1) is 8.10. The topological polar surface area (TPSA) is 66.9 Å². The normalized spacial score (nSPS) is 10.4. The van der Waals surface area contributed by atoms with E-state index in [4.69, 9.17) is 0 Å². The van der Waals surface area contributed by atoms with Gasteiger partial charge in [0.25, 0.3) is 5.91 Å². The Bertz CT molecular complexity index is 390. The number of amides is 1. The van der Waals surface area contributed by atoms with Gasteiger partial charge in [-0.15, -0.1) is 0 Å². The van der Waals surface area contributed by atoms with Gasteiger partial charge in [-0.25, -0.2) is 9.97 Å². The first-order valence-corrected chi connectivity index (χ1v) is 5.93. The number of carbonyl (C=O) groups excluding carboxylic acids is 1. The minimum absolute atomic E-state index is 0.187. The molecule has 1 aromatic heterocycles. The second-order valence-electron chi connectivity index (χ2n) is 4.15. The lowest BCUT2D eigenvalue weighted by molar-refractivity contribution is 0.0958. The van der Waals surface area contributed by atoms with Crippen molar-refractivity contribution in [3.63, 3.8) is 0 Å². The fourth-order valence-corrected chi connectivity index (χ4v) is 1.35. The number of anilines is 1. The van der Waals surface area contributed by atoms with Crippen molar-refractivity contribution >= 4 is 11.6 Å². The number of aromatic nitrogens is 2. The van der Waals surface area contributed by atoms with Crippen molar-refractivity contribution in [2.75, 3.05) is 18.9 Å². The van der Waals surface area contributed by atoms with E-state index < -0.39 is 0 Å². The van der Waals surface area contributed by atoms with Crippen LogP contribution in [0, 0.1) is 0 Å². The largest absolute Gasteiger partial charge is 0.382 e. The third-order valence-corrected chi connectivity index (χ3v) is 2.33. The first-order valence-electron chi connectivity index (χ1n) is 5.93. The predicted molar refractivity (Wildman–Crippen MR) is 68.3 cm³/mol. The van der Waals surface area contributed by atoms with E-state index >= 15 is 0 Å².